The second-order valence-electron chi connectivity index (χ2n) is 15.3. The highest BCUT2D eigenvalue weighted by Crippen LogP contribution is 2.31. The van der Waals surface area contributed by atoms with Gasteiger partial charge in [-0.2, -0.15) is 0 Å². The third kappa shape index (κ3) is 30.7. The molecule has 3 unspecified atom stereocenters. The molecular weight excluding hydrogens is 757 g/mol. The van der Waals surface area contributed by atoms with E-state index in [0.29, 0.717) is 99.0 Å². The van der Waals surface area contributed by atoms with Crippen LogP contribution >= 0.6 is 0 Å². The first-order valence-corrected chi connectivity index (χ1v) is 33.7. The summed E-state index contributed by atoms with van der Waals surface area (Å²) in [6.45, 7) is 33.6. The molecule has 0 saturated heterocycles. The summed E-state index contributed by atoms with van der Waals surface area (Å²) in [5.74, 6) is 0. The van der Waals surface area contributed by atoms with Crippen molar-refractivity contribution in [3.63, 3.8) is 0 Å². The van der Waals surface area contributed by atoms with E-state index in [-0.39, 0.29) is 5.73 Å². The Hall–Kier alpha value is 0.524. The van der Waals surface area contributed by atoms with Gasteiger partial charge in [-0.15, -0.1) is 0 Å². The van der Waals surface area contributed by atoms with Gasteiger partial charge >= 0.3 is 25.7 Å². The maximum absolute atomic E-state index is 7.09. The van der Waals surface area contributed by atoms with E-state index in [1.54, 1.807) is 7.11 Å². The van der Waals surface area contributed by atoms with Gasteiger partial charge in [-0.25, -0.2) is 0 Å². The second kappa shape index (κ2) is 29.7. The highest BCUT2D eigenvalue weighted by Gasteiger charge is 2.51. The minimum absolute atomic E-state index is 0.166. The Morgan fingerprint density at radius 1 is 0.519 bits per heavy atom. The van der Waals surface area contributed by atoms with Crippen LogP contribution in [0.1, 0.15) is 19.8 Å². The maximum atomic E-state index is 7.09. The Balaban J connectivity index is 4.62. The SMILES string of the molecule is CCC(OCCOCCOCCOCCOCCOCCOCCOC)[Si](C)(O[Si](C)(C)C)O[Si](C)(C)O[Si](C)(CCCNCCN)O[Si](C)(C)C. The van der Waals surface area contributed by atoms with E-state index in [1.807, 2.05) is 0 Å². The van der Waals surface area contributed by atoms with Crippen LogP contribution in [0.5, 0.6) is 0 Å². The summed E-state index contributed by atoms with van der Waals surface area (Å²) in [4.78, 5) is 0. The van der Waals surface area contributed by atoms with E-state index in [9.17, 15) is 0 Å². The number of rotatable bonds is 38. The summed E-state index contributed by atoms with van der Waals surface area (Å²) < 4.78 is 72.5. The number of hydrogen-bond acceptors (Lipinski definition) is 14. The lowest BCUT2D eigenvalue weighted by molar-refractivity contribution is -0.0248. The molecule has 52 heavy (non-hydrogen) atoms. The van der Waals surface area contributed by atoms with E-state index in [2.05, 4.69) is 77.7 Å². The molecule has 0 radical (unpaired) electrons. The predicted octanol–water partition coefficient (Wildman–Crippen LogP) is 4.59. The summed E-state index contributed by atoms with van der Waals surface area (Å²) in [6.07, 6.45) is 1.75. The van der Waals surface area contributed by atoms with Gasteiger partial charge in [-0.1, -0.05) is 6.92 Å². The van der Waals surface area contributed by atoms with Crippen LogP contribution in [-0.4, -0.2) is 167 Å². The van der Waals surface area contributed by atoms with E-state index >= 15 is 0 Å². The molecule has 0 bridgehead atoms. The molecule has 0 fully saturated rings. The molecule has 0 aliphatic rings. The van der Waals surface area contributed by atoms with Crippen LogP contribution in [0.15, 0.2) is 0 Å². The van der Waals surface area contributed by atoms with Gasteiger partial charge < -0.3 is 65.4 Å². The zero-order valence-electron chi connectivity index (χ0n) is 35.2. The first-order chi connectivity index (χ1) is 24.4. The van der Waals surface area contributed by atoms with Crippen molar-refractivity contribution in [2.24, 2.45) is 5.73 Å². The fraction of sp³-hybridized carbons (Fsp3) is 1.00. The average molecular weight is 837 g/mol. The van der Waals surface area contributed by atoms with Crippen LogP contribution in [-0.2, 0) is 54.4 Å². The lowest BCUT2D eigenvalue weighted by atomic mass is 10.5. The molecule has 0 spiro atoms. The Kier molecular flexibility index (Phi) is 30.0. The van der Waals surface area contributed by atoms with Crippen LogP contribution in [0.3, 0.4) is 0 Å². The number of ether oxygens (including phenoxy) is 8. The first-order valence-electron chi connectivity index (χ1n) is 19.2. The van der Waals surface area contributed by atoms with Crippen LogP contribution in [0.4, 0.5) is 0 Å². The van der Waals surface area contributed by atoms with Gasteiger partial charge in [0.05, 0.1) is 98.2 Å². The van der Waals surface area contributed by atoms with Gasteiger partial charge in [-0.05, 0) is 90.9 Å². The molecule has 3 atom stereocenters. The summed E-state index contributed by atoms with van der Waals surface area (Å²) in [5, 5.41) is 3.40. The fourth-order valence-corrected chi connectivity index (χ4v) is 29.1. The van der Waals surface area contributed by atoms with Crippen molar-refractivity contribution < 1.29 is 54.4 Å². The van der Waals surface area contributed by atoms with Crippen molar-refractivity contribution in [1.29, 1.82) is 0 Å². The number of nitrogens with two attached hydrogens (primary N) is 1. The zero-order valence-corrected chi connectivity index (χ0v) is 40.2. The molecule has 0 aliphatic carbocycles. The van der Waals surface area contributed by atoms with Gasteiger partial charge in [0.15, 0.2) is 16.6 Å². The molecule has 3 N–H and O–H groups in total. The van der Waals surface area contributed by atoms with Crippen LogP contribution in [0.2, 0.25) is 71.5 Å². The maximum Gasteiger partial charge on any atom is 0.345 e. The van der Waals surface area contributed by atoms with Crippen molar-refractivity contribution in [2.75, 3.05) is 119 Å². The van der Waals surface area contributed by atoms with Crippen LogP contribution in [0.25, 0.3) is 0 Å². The normalized spacial score (nSPS) is 15.9. The zero-order chi connectivity index (χ0) is 39.4. The molecule has 14 nitrogen and oxygen atoms in total. The topological polar surface area (TPSA) is 149 Å². The molecule has 0 aliphatic heterocycles. The first kappa shape index (κ1) is 52.5. The lowest BCUT2D eigenvalue weighted by Crippen LogP contribution is -2.64. The van der Waals surface area contributed by atoms with Gasteiger partial charge in [0.1, 0.15) is 0 Å². The molecule has 0 saturated carbocycles. The van der Waals surface area contributed by atoms with E-state index in [4.69, 9.17) is 60.1 Å². The monoisotopic (exact) mass is 836 g/mol. The number of methoxy groups -OCH3 is 1. The second-order valence-corrected chi connectivity index (χ2v) is 35.2. The van der Waals surface area contributed by atoms with Gasteiger partial charge in [0, 0.05) is 20.2 Å². The summed E-state index contributed by atoms with van der Waals surface area (Å²) >= 11 is 0. The van der Waals surface area contributed by atoms with Crippen LogP contribution in [0, 0.1) is 0 Å². The van der Waals surface area contributed by atoms with Crippen molar-refractivity contribution in [1.82, 2.24) is 5.32 Å². The molecular formula is C33H80N2O12Si5. The standard InChI is InChI=1S/C33H80N2O12Si5/c1-13-33(43-31-30-42-29-28-41-27-26-40-25-24-39-23-22-38-21-20-37-19-18-36-2)52(12,45-49(6,7)8)47-50(9,10)46-51(11,44-48(3,4)5)32-14-16-35-17-15-34/h33,35H,13-32,34H2,1-12H3. The van der Waals surface area contributed by atoms with Crippen molar-refractivity contribution in [2.45, 2.75) is 97.0 Å². The summed E-state index contributed by atoms with van der Waals surface area (Å²) in [6, 6.07) is 0.892. The van der Waals surface area contributed by atoms with Gasteiger partial charge in [0.25, 0.3) is 0 Å². The molecule has 0 amide bonds. The third-order valence-corrected chi connectivity index (χ3v) is 25.6. The minimum Gasteiger partial charge on any atom is -0.437 e. The molecule has 0 rings (SSSR count). The highest BCUT2D eigenvalue weighted by atomic mass is 28.5. The number of nitrogens with one attached hydrogen (secondary N) is 1. The third-order valence-electron chi connectivity index (χ3n) is 7.04. The average Bonchev–Trinajstić information content (AvgIpc) is 3.00. The summed E-state index contributed by atoms with van der Waals surface area (Å²) in [7, 11) is -10.3. The van der Waals surface area contributed by atoms with E-state index in [1.165, 1.54) is 0 Å². The summed E-state index contributed by atoms with van der Waals surface area (Å²) in [5.41, 5.74) is 5.49. The predicted molar refractivity (Wildman–Crippen MR) is 220 cm³/mol. The van der Waals surface area contributed by atoms with Gasteiger partial charge in [0.2, 0.25) is 0 Å². The van der Waals surface area contributed by atoms with E-state index in [0.717, 1.165) is 32.0 Å². The lowest BCUT2D eigenvalue weighted by Gasteiger charge is -2.45. The molecule has 0 heterocycles. The Morgan fingerprint density at radius 3 is 1.33 bits per heavy atom. The minimum atomic E-state index is -2.86. The molecule has 0 aromatic heterocycles. The smallest absolute Gasteiger partial charge is 0.345 e. The Bertz CT molecular complexity index is 848. The number of hydrogen-bond donors (Lipinski definition) is 2. The van der Waals surface area contributed by atoms with Crippen LogP contribution < -0.4 is 11.1 Å². The van der Waals surface area contributed by atoms with Crippen molar-refractivity contribution in [3.8, 4) is 0 Å². The van der Waals surface area contributed by atoms with Crippen molar-refractivity contribution in [3.05, 3.63) is 0 Å². The largest absolute Gasteiger partial charge is 0.437 e. The molecule has 314 valence electrons. The quantitative estimate of drug-likeness (QED) is 0.0660. The van der Waals surface area contributed by atoms with Gasteiger partial charge in [-0.3, -0.25) is 0 Å². The molecule has 0 aromatic rings. The Labute approximate surface area is 323 Å². The van der Waals surface area contributed by atoms with E-state index < -0.39 is 42.3 Å². The Morgan fingerprint density at radius 2 is 0.942 bits per heavy atom. The van der Waals surface area contributed by atoms with Crippen molar-refractivity contribution >= 4 is 42.3 Å². The highest BCUT2D eigenvalue weighted by molar-refractivity contribution is 6.91. The molecule has 19 heteroatoms. The fourth-order valence-electron chi connectivity index (χ4n) is 5.55. The molecule has 0 aromatic carbocycles.